The molecule has 0 aliphatic heterocycles. The van der Waals surface area contributed by atoms with Gasteiger partial charge in [-0.15, -0.1) is 0 Å². The summed E-state index contributed by atoms with van der Waals surface area (Å²) in [5.74, 6) is -1.29. The van der Waals surface area contributed by atoms with E-state index in [0.717, 1.165) is 70.6 Å². The molecule has 0 aromatic heterocycles. The van der Waals surface area contributed by atoms with Crippen LogP contribution < -0.4 is 0 Å². The molecular formula is C49H82O17P2. The minimum absolute atomic E-state index is 0.0218. The number of carbonyl (C=O) groups excluding carboxylic acids is 3. The van der Waals surface area contributed by atoms with Gasteiger partial charge in [-0.3, -0.25) is 28.0 Å². The molecule has 0 bridgehead atoms. The molecule has 0 aromatic rings. The second kappa shape index (κ2) is 38.8. The second-order valence-corrected chi connectivity index (χ2v) is 19.5. The van der Waals surface area contributed by atoms with Gasteiger partial charge in [-0.05, 0) is 83.1 Å². The van der Waals surface area contributed by atoms with Gasteiger partial charge >= 0.3 is 27.6 Å². The van der Waals surface area contributed by atoms with Crippen molar-refractivity contribution < 1.29 is 81.7 Å². The highest BCUT2D eigenvalue weighted by Crippen LogP contribution is 2.49. The minimum atomic E-state index is -5.39. The Morgan fingerprint density at radius 1 is 0.515 bits per heavy atom. The summed E-state index contributed by atoms with van der Waals surface area (Å²) in [5.41, 5.74) is 0. The Morgan fingerprint density at radius 3 is 1.54 bits per heavy atom. The van der Waals surface area contributed by atoms with Crippen LogP contribution in [0, 0.1) is 0 Å². The van der Waals surface area contributed by atoms with Crippen LogP contribution in [0.5, 0.6) is 0 Å². The topological polar surface area (TPSA) is 273 Å². The predicted octanol–water partition coefficient (Wildman–Crippen LogP) is 8.80. The molecule has 0 radical (unpaired) electrons. The molecule has 68 heavy (non-hydrogen) atoms. The van der Waals surface area contributed by atoms with Crippen molar-refractivity contribution in [2.75, 3.05) is 13.2 Å². The summed E-state index contributed by atoms with van der Waals surface area (Å²) in [4.78, 5) is 66.4. The third-order valence-corrected chi connectivity index (χ3v) is 12.2. The zero-order valence-electron chi connectivity index (χ0n) is 40.3. The van der Waals surface area contributed by atoms with Gasteiger partial charge in [0.2, 0.25) is 0 Å². The normalized spacial score (nSPS) is 21.8. The largest absolute Gasteiger partial charge is 0.472 e. The van der Waals surface area contributed by atoms with E-state index in [0.29, 0.717) is 38.5 Å². The lowest BCUT2D eigenvalue weighted by atomic mass is 9.85. The van der Waals surface area contributed by atoms with Gasteiger partial charge in [0.15, 0.2) is 11.9 Å². The number of phosphoric acid groups is 2. The van der Waals surface area contributed by atoms with Crippen LogP contribution in [-0.2, 0) is 46.6 Å². The van der Waals surface area contributed by atoms with Crippen LogP contribution in [0.4, 0.5) is 0 Å². The number of esters is 2. The van der Waals surface area contributed by atoms with Gasteiger partial charge in [0.25, 0.3) is 0 Å². The summed E-state index contributed by atoms with van der Waals surface area (Å²) < 4.78 is 49.3. The van der Waals surface area contributed by atoms with Gasteiger partial charge in [-0.1, -0.05) is 132 Å². The monoisotopic (exact) mass is 1000 g/mol. The van der Waals surface area contributed by atoms with Crippen LogP contribution >= 0.6 is 15.6 Å². The number of allylic oxidation sites excluding steroid dienone is 12. The minimum Gasteiger partial charge on any atom is -0.462 e. The number of phosphoric ester groups is 2. The van der Waals surface area contributed by atoms with Crippen molar-refractivity contribution in [1.29, 1.82) is 0 Å². The van der Waals surface area contributed by atoms with E-state index in [1.54, 1.807) is 12.2 Å². The zero-order valence-corrected chi connectivity index (χ0v) is 42.0. The SMILES string of the molecule is CCCCC/C=C\C=C\C(=O)CCCCCCCC(=O)OC[C@H](COP(=O)(O)O[C@H]1C(O)C(O)C(O)[C@@H](OP(=O)(O)O)C1O)OC(=O)CCCCC/C=C\C/C=C\C/C=C\C/C=C\CCCCC. The number of aliphatic hydroxyl groups is 4. The van der Waals surface area contributed by atoms with Crippen LogP contribution in [-0.4, -0.2) is 109 Å². The summed E-state index contributed by atoms with van der Waals surface area (Å²) >= 11 is 0. The molecule has 0 spiro atoms. The predicted molar refractivity (Wildman–Crippen MR) is 260 cm³/mol. The van der Waals surface area contributed by atoms with Crippen molar-refractivity contribution in [3.63, 3.8) is 0 Å². The van der Waals surface area contributed by atoms with Gasteiger partial charge in [-0.2, -0.15) is 0 Å². The van der Waals surface area contributed by atoms with Crippen molar-refractivity contribution in [2.45, 2.75) is 204 Å². The fraction of sp³-hybridized carbons (Fsp3) is 0.694. The number of rotatable bonds is 40. The Bertz CT molecular complexity index is 1650. The van der Waals surface area contributed by atoms with Crippen LogP contribution in [0.15, 0.2) is 72.9 Å². The molecule has 1 rings (SSSR count). The number of aliphatic hydroxyl groups excluding tert-OH is 4. The first-order valence-electron chi connectivity index (χ1n) is 24.4. The zero-order chi connectivity index (χ0) is 50.5. The first-order chi connectivity index (χ1) is 32.5. The standard InChI is InChI=1S/C49H82O17P2/c1-3-5-7-9-11-12-13-14-15-16-17-18-19-20-21-22-24-28-33-37-43(52)64-41(38-62-42(51)36-32-29-25-27-31-35-40(50)34-30-26-23-10-8-6-4-2)39-63-68(60,61)66-49-46(55)44(53)45(54)48(47(49)56)65-67(57,58)59/h11-12,14-15,17-18,20-21,23,26,30,34,41,44-49,53-56H,3-10,13,16,19,22,24-25,27-29,31-33,35-39H2,1-2H3,(H,60,61)(H2,57,58,59)/b12-11-,15-14-,18-17-,21-20-,26-23-,34-30+/t41-,44?,45?,46?,47?,48-,49+/m1/s1. The van der Waals surface area contributed by atoms with Crippen LogP contribution in [0.2, 0.25) is 0 Å². The Morgan fingerprint density at radius 2 is 0.985 bits per heavy atom. The third-order valence-electron chi connectivity index (χ3n) is 10.7. The van der Waals surface area contributed by atoms with E-state index in [-0.39, 0.29) is 18.6 Å². The van der Waals surface area contributed by atoms with Crippen molar-refractivity contribution in [3.8, 4) is 0 Å². The van der Waals surface area contributed by atoms with E-state index in [1.807, 2.05) is 6.08 Å². The highest BCUT2D eigenvalue weighted by molar-refractivity contribution is 7.47. The van der Waals surface area contributed by atoms with Crippen LogP contribution in [0.1, 0.15) is 162 Å². The van der Waals surface area contributed by atoms with E-state index >= 15 is 0 Å². The van der Waals surface area contributed by atoms with Crippen LogP contribution in [0.25, 0.3) is 0 Å². The molecular weight excluding hydrogens is 922 g/mol. The van der Waals surface area contributed by atoms with Crippen molar-refractivity contribution in [3.05, 3.63) is 72.9 Å². The lowest BCUT2D eigenvalue weighted by Crippen LogP contribution is -2.64. The molecule has 1 fully saturated rings. The third kappa shape index (κ3) is 32.8. The first-order valence-corrected chi connectivity index (χ1v) is 27.5. The van der Waals surface area contributed by atoms with Crippen molar-refractivity contribution in [1.82, 2.24) is 0 Å². The average molecular weight is 1010 g/mol. The Labute approximate surface area is 404 Å². The molecule has 1 saturated carbocycles. The lowest BCUT2D eigenvalue weighted by Gasteiger charge is -2.43. The summed E-state index contributed by atoms with van der Waals surface area (Å²) in [7, 11) is -10.7. The maximum atomic E-state index is 13.0. The molecule has 1 aliphatic rings. The fourth-order valence-corrected chi connectivity index (χ4v) is 8.41. The first kappa shape index (κ1) is 63.1. The van der Waals surface area contributed by atoms with E-state index in [2.05, 4.69) is 73.1 Å². The fourth-order valence-electron chi connectivity index (χ4n) is 6.87. The summed E-state index contributed by atoms with van der Waals surface area (Å²) in [6, 6.07) is 0. The average Bonchev–Trinajstić information content (AvgIpc) is 3.29. The molecule has 8 atom stereocenters. The van der Waals surface area contributed by atoms with Crippen molar-refractivity contribution >= 4 is 33.4 Å². The van der Waals surface area contributed by atoms with E-state index in [1.165, 1.54) is 25.7 Å². The maximum absolute atomic E-state index is 13.0. The van der Waals surface area contributed by atoms with Crippen LogP contribution in [0.3, 0.4) is 0 Å². The Balaban J connectivity index is 2.64. The molecule has 5 unspecified atom stereocenters. The number of hydrogen-bond acceptors (Lipinski definition) is 14. The maximum Gasteiger partial charge on any atom is 0.472 e. The number of ketones is 1. The summed E-state index contributed by atoms with van der Waals surface area (Å²) in [6.07, 6.45) is 28.1. The molecule has 0 heterocycles. The van der Waals surface area contributed by atoms with Gasteiger partial charge in [-0.25, -0.2) is 9.13 Å². The molecule has 0 amide bonds. The van der Waals surface area contributed by atoms with Gasteiger partial charge in [0.1, 0.15) is 43.2 Å². The van der Waals surface area contributed by atoms with E-state index in [9.17, 15) is 58.6 Å². The van der Waals surface area contributed by atoms with Gasteiger partial charge < -0.3 is 44.6 Å². The van der Waals surface area contributed by atoms with Gasteiger partial charge in [0, 0.05) is 19.3 Å². The molecule has 7 N–H and O–H groups in total. The molecule has 17 nitrogen and oxygen atoms in total. The second-order valence-electron chi connectivity index (χ2n) is 16.9. The lowest BCUT2D eigenvalue weighted by molar-refractivity contribution is -0.216. The van der Waals surface area contributed by atoms with E-state index in [4.69, 9.17) is 18.5 Å². The highest BCUT2D eigenvalue weighted by atomic mass is 31.2. The number of carbonyl (C=O) groups is 3. The smallest absolute Gasteiger partial charge is 0.462 e. The molecule has 1 aliphatic carbocycles. The number of unbranched alkanes of at least 4 members (excludes halogenated alkanes) is 13. The highest BCUT2D eigenvalue weighted by Gasteiger charge is 2.54. The summed E-state index contributed by atoms with van der Waals surface area (Å²) in [5, 5.41) is 41.2. The summed E-state index contributed by atoms with van der Waals surface area (Å²) in [6.45, 7) is 2.90. The Hall–Kier alpha value is -2.89. The molecule has 19 heteroatoms. The molecule has 0 aromatic carbocycles. The van der Waals surface area contributed by atoms with E-state index < -0.39 is 83.5 Å². The van der Waals surface area contributed by atoms with Gasteiger partial charge in [0.05, 0.1) is 6.61 Å². The molecule has 0 saturated heterocycles. The quantitative estimate of drug-likeness (QED) is 0.00754. The molecule has 390 valence electrons. The van der Waals surface area contributed by atoms with Crippen molar-refractivity contribution in [2.24, 2.45) is 0 Å². The Kier molecular flexibility index (Phi) is 36.0. The number of ether oxygens (including phenoxy) is 2. The number of hydrogen-bond donors (Lipinski definition) is 7.